The summed E-state index contributed by atoms with van der Waals surface area (Å²) in [6.45, 7) is 3.75. The lowest BCUT2D eigenvalue weighted by molar-refractivity contribution is -0.139. The van der Waals surface area contributed by atoms with E-state index in [9.17, 15) is 14.7 Å². The summed E-state index contributed by atoms with van der Waals surface area (Å²) in [5, 5.41) is 10.9. The number of nitrogens with zero attached hydrogens (tertiary/aromatic N) is 1. The summed E-state index contributed by atoms with van der Waals surface area (Å²) in [5.74, 6) is -1.95. The van der Waals surface area contributed by atoms with Crippen molar-refractivity contribution in [1.29, 1.82) is 0 Å². The van der Waals surface area contributed by atoms with Gasteiger partial charge in [0.25, 0.3) is 5.91 Å². The van der Waals surface area contributed by atoms with Crippen LogP contribution in [-0.4, -0.2) is 23.6 Å². The predicted octanol–water partition coefficient (Wildman–Crippen LogP) is 4.11. The number of amides is 1. The number of carbonyl (C=O) groups excluding carboxylic acids is 2. The van der Waals surface area contributed by atoms with Crippen molar-refractivity contribution < 1.29 is 19.4 Å². The van der Waals surface area contributed by atoms with Crippen molar-refractivity contribution in [3.63, 3.8) is 0 Å². The van der Waals surface area contributed by atoms with Crippen molar-refractivity contribution in [2.24, 2.45) is 0 Å². The number of aliphatic hydroxyl groups excluding tert-OH is 1. The maximum absolute atomic E-state index is 12.7. The van der Waals surface area contributed by atoms with Crippen molar-refractivity contribution in [3.05, 3.63) is 76.0 Å². The molecule has 0 saturated carbocycles. The second kappa shape index (κ2) is 7.22. The van der Waals surface area contributed by atoms with Gasteiger partial charge in [-0.05, 0) is 43.7 Å². The normalized spacial score (nSPS) is 17.0. The van der Waals surface area contributed by atoms with Crippen molar-refractivity contribution in [3.8, 4) is 0 Å². The Hall–Kier alpha value is -2.79. The van der Waals surface area contributed by atoms with Crippen molar-refractivity contribution in [2.75, 3.05) is 11.5 Å². The number of benzene rings is 2. The lowest BCUT2D eigenvalue weighted by Crippen LogP contribution is -2.31. The fourth-order valence-electron chi connectivity index (χ4n) is 2.95. The highest BCUT2D eigenvalue weighted by atomic mass is 35.5. The van der Waals surface area contributed by atoms with E-state index < -0.39 is 23.7 Å². The average molecular weight is 372 g/mol. The molecule has 1 N–H and O–H groups in total. The molecule has 1 aliphatic heterocycles. The molecule has 0 radical (unpaired) electrons. The maximum Gasteiger partial charge on any atom is 0.340 e. The number of aryl methyl sites for hydroxylation is 1. The number of hydrogen-bond donors (Lipinski definition) is 1. The van der Waals surface area contributed by atoms with E-state index in [1.807, 2.05) is 19.1 Å². The van der Waals surface area contributed by atoms with Crippen molar-refractivity contribution in [2.45, 2.75) is 19.9 Å². The molecule has 2 aromatic carbocycles. The van der Waals surface area contributed by atoms with Gasteiger partial charge in [-0.1, -0.05) is 41.4 Å². The first kappa shape index (κ1) is 18.0. The Morgan fingerprint density at radius 2 is 1.77 bits per heavy atom. The SMILES string of the molecule is CCOC(=O)C1=C(O)C(=O)N(c2ccc(C)cc2)[C@H]1c1ccc(Cl)cc1. The standard InChI is InChI=1S/C20H18ClNO4/c1-3-26-20(25)16-17(13-6-8-14(21)9-7-13)22(19(24)18(16)23)15-10-4-12(2)5-11-15/h4-11,17,23H,3H2,1-2H3/t17-/m0/s1. The van der Waals surface area contributed by atoms with Crippen LogP contribution >= 0.6 is 11.6 Å². The minimum Gasteiger partial charge on any atom is -0.503 e. The molecular weight excluding hydrogens is 354 g/mol. The van der Waals surface area contributed by atoms with Crippen LogP contribution in [-0.2, 0) is 14.3 Å². The molecular formula is C20H18ClNO4. The Labute approximate surface area is 156 Å². The zero-order valence-electron chi connectivity index (χ0n) is 14.4. The Morgan fingerprint density at radius 3 is 2.35 bits per heavy atom. The van der Waals surface area contributed by atoms with Gasteiger partial charge in [-0.2, -0.15) is 0 Å². The number of carbonyl (C=O) groups is 2. The molecule has 134 valence electrons. The first-order valence-corrected chi connectivity index (χ1v) is 8.57. The zero-order chi connectivity index (χ0) is 18.8. The summed E-state index contributed by atoms with van der Waals surface area (Å²) in [5.41, 5.74) is 2.19. The third kappa shape index (κ3) is 3.18. The summed E-state index contributed by atoms with van der Waals surface area (Å²) < 4.78 is 5.06. The van der Waals surface area contributed by atoms with E-state index in [0.29, 0.717) is 16.3 Å². The monoisotopic (exact) mass is 371 g/mol. The number of rotatable bonds is 4. The van der Waals surface area contributed by atoms with E-state index in [1.54, 1.807) is 43.3 Å². The van der Waals surface area contributed by atoms with Gasteiger partial charge in [0, 0.05) is 10.7 Å². The molecule has 2 aromatic rings. The summed E-state index contributed by atoms with van der Waals surface area (Å²) in [7, 11) is 0. The van der Waals surface area contributed by atoms with E-state index in [1.165, 1.54) is 4.90 Å². The van der Waals surface area contributed by atoms with Crippen LogP contribution in [0.15, 0.2) is 59.9 Å². The predicted molar refractivity (Wildman–Crippen MR) is 99.1 cm³/mol. The molecule has 0 aliphatic carbocycles. The van der Waals surface area contributed by atoms with Gasteiger partial charge in [0.1, 0.15) is 5.57 Å². The van der Waals surface area contributed by atoms with Crippen LogP contribution < -0.4 is 4.90 Å². The number of aliphatic hydroxyl groups is 1. The summed E-state index contributed by atoms with van der Waals surface area (Å²) >= 11 is 5.96. The molecule has 0 aromatic heterocycles. The van der Waals surface area contributed by atoms with E-state index in [-0.39, 0.29) is 12.2 Å². The lowest BCUT2D eigenvalue weighted by Gasteiger charge is -2.26. The Bertz CT molecular complexity index is 872. The molecule has 26 heavy (non-hydrogen) atoms. The van der Waals surface area contributed by atoms with Crippen LogP contribution in [0.5, 0.6) is 0 Å². The third-order valence-corrected chi connectivity index (χ3v) is 4.45. The molecule has 0 spiro atoms. The van der Waals surface area contributed by atoms with E-state index >= 15 is 0 Å². The molecule has 0 unspecified atom stereocenters. The first-order valence-electron chi connectivity index (χ1n) is 8.20. The van der Waals surface area contributed by atoms with Gasteiger partial charge in [-0.15, -0.1) is 0 Å². The summed E-state index contributed by atoms with van der Waals surface area (Å²) in [4.78, 5) is 26.6. The number of esters is 1. The highest BCUT2D eigenvalue weighted by Crippen LogP contribution is 2.41. The minimum atomic E-state index is -0.790. The summed E-state index contributed by atoms with van der Waals surface area (Å²) in [6, 6.07) is 13.3. The topological polar surface area (TPSA) is 66.8 Å². The van der Waals surface area contributed by atoms with Gasteiger partial charge >= 0.3 is 5.97 Å². The Morgan fingerprint density at radius 1 is 1.15 bits per heavy atom. The fourth-order valence-corrected chi connectivity index (χ4v) is 3.08. The van der Waals surface area contributed by atoms with Gasteiger partial charge in [0.05, 0.1) is 12.6 Å². The molecule has 1 aliphatic rings. The zero-order valence-corrected chi connectivity index (χ0v) is 15.2. The highest BCUT2D eigenvalue weighted by Gasteiger charge is 2.45. The lowest BCUT2D eigenvalue weighted by atomic mass is 9.99. The molecule has 1 amide bonds. The first-order chi connectivity index (χ1) is 12.4. The quantitative estimate of drug-likeness (QED) is 0.821. The number of halogens is 1. The minimum absolute atomic E-state index is 0.0697. The molecule has 0 saturated heterocycles. The summed E-state index contributed by atoms with van der Waals surface area (Å²) in [6.07, 6.45) is 0. The average Bonchev–Trinajstić information content (AvgIpc) is 2.88. The van der Waals surface area contributed by atoms with Gasteiger partial charge in [-0.3, -0.25) is 9.69 Å². The third-order valence-electron chi connectivity index (χ3n) is 4.20. The van der Waals surface area contributed by atoms with E-state index in [0.717, 1.165) is 5.56 Å². The number of ether oxygens (including phenoxy) is 1. The van der Waals surface area contributed by atoms with Crippen molar-refractivity contribution >= 4 is 29.2 Å². The Kier molecular flexibility index (Phi) is 5.00. The second-order valence-electron chi connectivity index (χ2n) is 5.95. The molecule has 3 rings (SSSR count). The van der Waals surface area contributed by atoms with Crippen molar-refractivity contribution in [1.82, 2.24) is 0 Å². The van der Waals surface area contributed by atoms with Crippen LogP contribution in [0.3, 0.4) is 0 Å². The van der Waals surface area contributed by atoms with Crippen LogP contribution in [0.25, 0.3) is 0 Å². The van der Waals surface area contributed by atoms with E-state index in [4.69, 9.17) is 16.3 Å². The van der Waals surface area contributed by atoms with Crippen LogP contribution in [0, 0.1) is 6.92 Å². The smallest absolute Gasteiger partial charge is 0.340 e. The second-order valence-corrected chi connectivity index (χ2v) is 6.38. The van der Waals surface area contributed by atoms with Crippen LogP contribution in [0.2, 0.25) is 5.02 Å². The molecule has 0 bridgehead atoms. The fraction of sp³-hybridized carbons (Fsp3) is 0.200. The van der Waals surface area contributed by atoms with Gasteiger partial charge < -0.3 is 9.84 Å². The number of anilines is 1. The maximum atomic E-state index is 12.7. The van der Waals surface area contributed by atoms with Gasteiger partial charge in [0.15, 0.2) is 5.76 Å². The highest BCUT2D eigenvalue weighted by molar-refractivity contribution is 6.30. The van der Waals surface area contributed by atoms with Gasteiger partial charge in [0.2, 0.25) is 0 Å². The van der Waals surface area contributed by atoms with Crippen LogP contribution in [0.1, 0.15) is 24.1 Å². The number of hydrogen-bond acceptors (Lipinski definition) is 4. The Balaban J connectivity index is 2.14. The largest absolute Gasteiger partial charge is 0.503 e. The van der Waals surface area contributed by atoms with E-state index in [2.05, 4.69) is 0 Å². The molecule has 1 atom stereocenters. The van der Waals surface area contributed by atoms with Gasteiger partial charge in [-0.25, -0.2) is 4.79 Å². The molecule has 1 heterocycles. The molecule has 0 fully saturated rings. The van der Waals surface area contributed by atoms with Crippen LogP contribution in [0.4, 0.5) is 5.69 Å². The molecule has 5 nitrogen and oxygen atoms in total. The molecule has 6 heteroatoms.